The Kier molecular flexibility index (Phi) is 4.78. The van der Waals surface area contributed by atoms with Gasteiger partial charge in [-0.05, 0) is 32.0 Å². The Hall–Kier alpha value is -2.38. The molecular formula is C17H20ClN5O2. The predicted molar refractivity (Wildman–Crippen MR) is 96.9 cm³/mol. The van der Waals surface area contributed by atoms with Gasteiger partial charge in [-0.15, -0.1) is 12.4 Å². The van der Waals surface area contributed by atoms with Crippen LogP contribution in [0.1, 0.15) is 36.3 Å². The fourth-order valence-electron chi connectivity index (χ4n) is 2.78. The maximum Gasteiger partial charge on any atom is 0.246 e. The molecule has 1 fully saturated rings. The molecule has 2 aromatic heterocycles. The van der Waals surface area contributed by atoms with E-state index >= 15 is 0 Å². The Morgan fingerprint density at radius 2 is 2.20 bits per heavy atom. The second-order valence-corrected chi connectivity index (χ2v) is 6.17. The van der Waals surface area contributed by atoms with Gasteiger partial charge in [-0.25, -0.2) is 4.98 Å². The number of anilines is 1. The van der Waals surface area contributed by atoms with Crippen molar-refractivity contribution in [1.29, 1.82) is 0 Å². The van der Waals surface area contributed by atoms with Crippen LogP contribution in [-0.2, 0) is 11.8 Å². The van der Waals surface area contributed by atoms with Crippen molar-refractivity contribution in [3.05, 3.63) is 42.0 Å². The summed E-state index contributed by atoms with van der Waals surface area (Å²) in [6, 6.07) is 5.07. The first-order chi connectivity index (χ1) is 11.6. The molecule has 8 heteroatoms. The second kappa shape index (κ2) is 6.85. The van der Waals surface area contributed by atoms with Gasteiger partial charge in [0.05, 0.1) is 6.20 Å². The van der Waals surface area contributed by atoms with Crippen molar-refractivity contribution in [2.45, 2.75) is 24.8 Å². The van der Waals surface area contributed by atoms with Crippen LogP contribution in [0.25, 0.3) is 11.1 Å². The van der Waals surface area contributed by atoms with Crippen LogP contribution in [0.15, 0.2) is 35.0 Å². The molecular weight excluding hydrogens is 342 g/mol. The number of fused-ring (bicyclic) bond motifs is 1. The van der Waals surface area contributed by atoms with Crippen molar-refractivity contribution < 1.29 is 9.21 Å². The Balaban J connectivity index is 0.00000182. The highest BCUT2D eigenvalue weighted by Crippen LogP contribution is 2.40. The van der Waals surface area contributed by atoms with Gasteiger partial charge in [0.25, 0.3) is 0 Å². The molecule has 1 aliphatic rings. The van der Waals surface area contributed by atoms with Crippen LogP contribution < -0.4 is 10.6 Å². The summed E-state index contributed by atoms with van der Waals surface area (Å²) in [5.41, 5.74) is 3.04. The van der Waals surface area contributed by atoms with Gasteiger partial charge in [0.1, 0.15) is 11.6 Å². The number of hydrogen-bond donors (Lipinski definition) is 2. The fraction of sp³-hybridized carbons (Fsp3) is 0.353. The molecule has 0 spiro atoms. The van der Waals surface area contributed by atoms with Crippen LogP contribution in [0.3, 0.4) is 0 Å². The van der Waals surface area contributed by atoms with Gasteiger partial charge < -0.3 is 15.1 Å². The number of benzene rings is 1. The monoisotopic (exact) mass is 361 g/mol. The first kappa shape index (κ1) is 17.4. The zero-order chi connectivity index (χ0) is 16.7. The lowest BCUT2D eigenvalue weighted by Gasteiger charge is -2.14. The Labute approximate surface area is 151 Å². The quantitative estimate of drug-likeness (QED) is 0.729. The number of carbonyl (C=O) groups excluding carboxylic acids is 1. The standard InChI is InChI=1S/C17H19N5O2.ClH/c1-18-15(11-8-19-22(2)9-11)16(23)20-12-5-6-13-14(7-12)24-17(21-13)10-3-4-10;/h5-10,15,18H,3-4H2,1-2H3,(H,20,23);1H. The summed E-state index contributed by atoms with van der Waals surface area (Å²) in [5.74, 6) is 1.12. The van der Waals surface area contributed by atoms with Crippen molar-refractivity contribution >= 4 is 35.1 Å². The molecule has 1 atom stereocenters. The van der Waals surface area contributed by atoms with E-state index in [2.05, 4.69) is 20.7 Å². The third kappa shape index (κ3) is 3.52. The van der Waals surface area contributed by atoms with Crippen molar-refractivity contribution in [2.75, 3.05) is 12.4 Å². The minimum Gasteiger partial charge on any atom is -0.440 e. The molecule has 2 N–H and O–H groups in total. The lowest BCUT2D eigenvalue weighted by Crippen LogP contribution is -2.30. The average Bonchev–Trinajstić information content (AvgIpc) is 3.19. The van der Waals surface area contributed by atoms with E-state index in [1.54, 1.807) is 17.9 Å². The minimum atomic E-state index is -0.467. The van der Waals surface area contributed by atoms with Gasteiger partial charge in [0.15, 0.2) is 11.5 Å². The van der Waals surface area contributed by atoms with E-state index in [9.17, 15) is 4.79 Å². The van der Waals surface area contributed by atoms with E-state index < -0.39 is 6.04 Å². The van der Waals surface area contributed by atoms with E-state index in [1.807, 2.05) is 31.4 Å². The molecule has 3 aromatic rings. The largest absolute Gasteiger partial charge is 0.440 e. The number of nitrogens with one attached hydrogen (secondary N) is 2. The number of nitrogens with zero attached hydrogens (tertiary/aromatic N) is 3. The van der Waals surface area contributed by atoms with Gasteiger partial charge in [-0.3, -0.25) is 9.48 Å². The summed E-state index contributed by atoms with van der Waals surface area (Å²) in [6.45, 7) is 0. The van der Waals surface area contributed by atoms with Crippen LogP contribution in [0.5, 0.6) is 0 Å². The number of halogens is 1. The molecule has 0 saturated heterocycles. The van der Waals surface area contributed by atoms with E-state index in [-0.39, 0.29) is 18.3 Å². The van der Waals surface area contributed by atoms with Gasteiger partial charge in [0, 0.05) is 36.5 Å². The summed E-state index contributed by atoms with van der Waals surface area (Å²) in [4.78, 5) is 17.0. The highest BCUT2D eigenvalue weighted by atomic mass is 35.5. The lowest BCUT2D eigenvalue weighted by molar-refractivity contribution is -0.118. The molecule has 25 heavy (non-hydrogen) atoms. The number of carbonyl (C=O) groups is 1. The molecule has 2 heterocycles. The van der Waals surface area contributed by atoms with Crippen molar-refractivity contribution in [3.63, 3.8) is 0 Å². The third-order valence-corrected chi connectivity index (χ3v) is 4.21. The molecule has 1 unspecified atom stereocenters. The summed E-state index contributed by atoms with van der Waals surface area (Å²) in [6.07, 6.45) is 5.79. The van der Waals surface area contributed by atoms with Crippen LogP contribution in [0.4, 0.5) is 5.69 Å². The average molecular weight is 362 g/mol. The van der Waals surface area contributed by atoms with Crippen molar-refractivity contribution in [2.24, 2.45) is 7.05 Å². The Morgan fingerprint density at radius 3 is 2.84 bits per heavy atom. The van der Waals surface area contributed by atoms with Crippen molar-refractivity contribution in [3.8, 4) is 0 Å². The number of hydrogen-bond acceptors (Lipinski definition) is 5. The molecule has 7 nitrogen and oxygen atoms in total. The molecule has 0 bridgehead atoms. The first-order valence-corrected chi connectivity index (χ1v) is 8.01. The molecule has 0 aliphatic heterocycles. The highest BCUT2D eigenvalue weighted by molar-refractivity contribution is 5.96. The van der Waals surface area contributed by atoms with Crippen LogP contribution in [0, 0.1) is 0 Å². The Bertz CT molecular complexity index is 899. The summed E-state index contributed by atoms with van der Waals surface area (Å²) >= 11 is 0. The smallest absolute Gasteiger partial charge is 0.246 e. The summed E-state index contributed by atoms with van der Waals surface area (Å²) < 4.78 is 7.47. The number of aromatic nitrogens is 3. The minimum absolute atomic E-state index is 0. The fourth-order valence-corrected chi connectivity index (χ4v) is 2.78. The van der Waals surface area contributed by atoms with E-state index in [0.29, 0.717) is 17.2 Å². The van der Waals surface area contributed by atoms with E-state index in [4.69, 9.17) is 4.42 Å². The molecule has 132 valence electrons. The van der Waals surface area contributed by atoms with E-state index in [1.165, 1.54) is 0 Å². The second-order valence-electron chi connectivity index (χ2n) is 6.17. The lowest BCUT2D eigenvalue weighted by atomic mass is 10.1. The topological polar surface area (TPSA) is 85.0 Å². The van der Waals surface area contributed by atoms with Crippen LogP contribution >= 0.6 is 12.4 Å². The van der Waals surface area contributed by atoms with E-state index in [0.717, 1.165) is 29.8 Å². The van der Waals surface area contributed by atoms with Gasteiger partial charge >= 0.3 is 0 Å². The van der Waals surface area contributed by atoms with Gasteiger partial charge in [0.2, 0.25) is 5.91 Å². The number of rotatable bonds is 5. The number of oxazole rings is 1. The predicted octanol–water partition coefficient (Wildman–Crippen LogP) is 2.76. The Morgan fingerprint density at radius 1 is 1.40 bits per heavy atom. The van der Waals surface area contributed by atoms with Crippen LogP contribution in [-0.4, -0.2) is 27.7 Å². The maximum atomic E-state index is 12.6. The molecule has 0 radical (unpaired) electrons. The number of likely N-dealkylation sites (N-methyl/N-ethyl adjacent to an activating group) is 1. The molecule has 4 rings (SSSR count). The zero-order valence-electron chi connectivity index (χ0n) is 14.0. The molecule has 1 aromatic carbocycles. The van der Waals surface area contributed by atoms with Crippen LogP contribution in [0.2, 0.25) is 0 Å². The molecule has 1 aliphatic carbocycles. The normalized spacial score (nSPS) is 15.0. The maximum absolute atomic E-state index is 12.6. The number of aryl methyl sites for hydroxylation is 1. The highest BCUT2D eigenvalue weighted by Gasteiger charge is 2.29. The summed E-state index contributed by atoms with van der Waals surface area (Å²) in [7, 11) is 3.57. The van der Waals surface area contributed by atoms with Crippen molar-refractivity contribution in [1.82, 2.24) is 20.1 Å². The summed E-state index contributed by atoms with van der Waals surface area (Å²) in [5, 5.41) is 10.1. The zero-order valence-corrected chi connectivity index (χ0v) is 14.8. The molecule has 1 amide bonds. The number of amides is 1. The molecule has 1 saturated carbocycles. The SMILES string of the molecule is CNC(C(=O)Nc1ccc2nc(C3CC3)oc2c1)c1cnn(C)c1.Cl. The first-order valence-electron chi connectivity index (χ1n) is 8.01. The van der Waals surface area contributed by atoms with Gasteiger partial charge in [-0.2, -0.15) is 5.10 Å². The van der Waals surface area contributed by atoms with Gasteiger partial charge in [-0.1, -0.05) is 0 Å². The third-order valence-electron chi connectivity index (χ3n) is 4.21.